The molecule has 0 aliphatic carbocycles. The second-order valence-electron chi connectivity index (χ2n) is 7.27. The maximum Gasteiger partial charge on any atom is 0.222 e. The van der Waals surface area contributed by atoms with Gasteiger partial charge < -0.3 is 10.2 Å². The van der Waals surface area contributed by atoms with Gasteiger partial charge in [0.15, 0.2) is 5.82 Å². The van der Waals surface area contributed by atoms with E-state index in [1.807, 2.05) is 18.2 Å². The fourth-order valence-electron chi connectivity index (χ4n) is 4.18. The zero-order valence-electron chi connectivity index (χ0n) is 15.4. The summed E-state index contributed by atoms with van der Waals surface area (Å²) in [6.45, 7) is 3.51. The molecule has 0 aromatic carbocycles. The number of likely N-dealkylation sites (N-methyl/N-ethyl adjacent to an activating group) is 1. The second-order valence-corrected chi connectivity index (χ2v) is 7.27. The van der Waals surface area contributed by atoms with Crippen LogP contribution in [0.5, 0.6) is 0 Å². The maximum absolute atomic E-state index is 11.8. The Morgan fingerprint density at radius 3 is 2.65 bits per heavy atom. The lowest BCUT2D eigenvalue weighted by atomic mass is 10.1. The van der Waals surface area contributed by atoms with Gasteiger partial charge in [-0.05, 0) is 50.6 Å². The minimum atomic E-state index is -0.0981. The Kier molecular flexibility index (Phi) is 4.59. The largest absolute Gasteiger partial charge is 0.367 e. The summed E-state index contributed by atoms with van der Waals surface area (Å²) in [4.78, 5) is 25.5. The lowest BCUT2D eigenvalue weighted by molar-refractivity contribution is -0.114. The summed E-state index contributed by atoms with van der Waals surface area (Å²) in [7, 11) is 2.24. The van der Waals surface area contributed by atoms with Crippen molar-refractivity contribution in [2.24, 2.45) is 0 Å². The van der Waals surface area contributed by atoms with Gasteiger partial charge in [-0.2, -0.15) is 0 Å². The van der Waals surface area contributed by atoms with Crippen molar-refractivity contribution in [1.29, 1.82) is 0 Å². The molecule has 1 amide bonds. The number of rotatable bonds is 3. The number of nitrogens with one attached hydrogen (secondary N) is 1. The highest BCUT2D eigenvalue weighted by atomic mass is 16.1. The van der Waals surface area contributed by atoms with E-state index in [0.29, 0.717) is 17.9 Å². The smallest absolute Gasteiger partial charge is 0.222 e. The summed E-state index contributed by atoms with van der Waals surface area (Å²) in [5, 5.41) is 2.94. The van der Waals surface area contributed by atoms with Crippen molar-refractivity contribution >= 4 is 17.4 Å². The van der Waals surface area contributed by atoms with Gasteiger partial charge in [0, 0.05) is 50.1 Å². The minimum absolute atomic E-state index is 0.0981. The van der Waals surface area contributed by atoms with Crippen LogP contribution in [-0.2, 0) is 4.79 Å². The molecular weight excluding hydrogens is 326 g/mol. The molecule has 1 N–H and O–H groups in total. The van der Waals surface area contributed by atoms with E-state index in [4.69, 9.17) is 4.98 Å². The molecule has 2 unspecified atom stereocenters. The predicted molar refractivity (Wildman–Crippen MR) is 103 cm³/mol. The van der Waals surface area contributed by atoms with Crippen molar-refractivity contribution < 1.29 is 4.79 Å². The number of hydrogen-bond acceptors (Lipinski definition) is 5. The molecule has 4 heterocycles. The Balaban J connectivity index is 1.67. The van der Waals surface area contributed by atoms with Crippen molar-refractivity contribution in [1.82, 2.24) is 14.9 Å². The number of pyridine rings is 2. The fraction of sp³-hybridized carbons (Fsp3) is 0.450. The van der Waals surface area contributed by atoms with E-state index in [1.54, 1.807) is 12.4 Å². The van der Waals surface area contributed by atoms with E-state index in [-0.39, 0.29) is 5.91 Å². The molecular formula is C20H25N5O. The van der Waals surface area contributed by atoms with Crippen LogP contribution < -0.4 is 10.2 Å². The Hall–Kier alpha value is -2.47. The summed E-state index contributed by atoms with van der Waals surface area (Å²) in [5.41, 5.74) is 2.85. The predicted octanol–water partition coefficient (Wildman–Crippen LogP) is 2.77. The highest BCUT2D eigenvalue weighted by molar-refractivity contribution is 5.92. The van der Waals surface area contributed by atoms with E-state index in [2.05, 4.69) is 33.2 Å². The second kappa shape index (κ2) is 7.03. The van der Waals surface area contributed by atoms with Gasteiger partial charge in [-0.3, -0.25) is 14.7 Å². The van der Waals surface area contributed by atoms with Crippen LogP contribution in [0.2, 0.25) is 0 Å². The molecule has 2 atom stereocenters. The lowest BCUT2D eigenvalue weighted by Crippen LogP contribution is -2.37. The van der Waals surface area contributed by atoms with Gasteiger partial charge in [0.2, 0.25) is 5.91 Å². The van der Waals surface area contributed by atoms with E-state index < -0.39 is 0 Å². The quantitative estimate of drug-likeness (QED) is 0.921. The number of nitrogens with zero attached hydrogens (tertiary/aromatic N) is 4. The Morgan fingerprint density at radius 1 is 1.12 bits per heavy atom. The van der Waals surface area contributed by atoms with Gasteiger partial charge in [0.05, 0.1) is 11.4 Å². The number of amides is 1. The van der Waals surface area contributed by atoms with E-state index in [0.717, 1.165) is 36.5 Å². The molecule has 2 saturated heterocycles. The molecule has 6 nitrogen and oxygen atoms in total. The van der Waals surface area contributed by atoms with Crippen molar-refractivity contribution in [2.45, 2.75) is 38.3 Å². The highest BCUT2D eigenvalue weighted by Gasteiger charge is 2.35. The van der Waals surface area contributed by atoms with Gasteiger partial charge in [-0.25, -0.2) is 4.98 Å². The van der Waals surface area contributed by atoms with Crippen molar-refractivity contribution in [3.8, 4) is 11.3 Å². The van der Waals surface area contributed by atoms with Gasteiger partial charge in [0.1, 0.15) is 0 Å². The van der Waals surface area contributed by atoms with Crippen LogP contribution >= 0.6 is 0 Å². The zero-order chi connectivity index (χ0) is 18.1. The van der Waals surface area contributed by atoms with Crippen molar-refractivity contribution in [3.63, 3.8) is 0 Å². The number of fused-ring (bicyclic) bond motifs is 2. The first-order valence-electron chi connectivity index (χ1n) is 9.28. The van der Waals surface area contributed by atoms with Crippen LogP contribution in [0, 0.1) is 0 Å². The maximum atomic E-state index is 11.8. The molecule has 2 aromatic rings. The molecule has 0 radical (unpaired) electrons. The van der Waals surface area contributed by atoms with Gasteiger partial charge in [0.25, 0.3) is 0 Å². The van der Waals surface area contributed by atoms with Crippen LogP contribution in [0.25, 0.3) is 11.3 Å². The van der Waals surface area contributed by atoms with Crippen LogP contribution in [0.4, 0.5) is 11.5 Å². The average molecular weight is 351 g/mol. The van der Waals surface area contributed by atoms with Crippen LogP contribution in [0.15, 0.2) is 36.7 Å². The number of hydrogen-bond donors (Lipinski definition) is 1. The monoisotopic (exact) mass is 351 g/mol. The molecule has 6 heteroatoms. The third-order valence-electron chi connectivity index (χ3n) is 5.63. The number of carbonyl (C=O) groups is 1. The van der Waals surface area contributed by atoms with E-state index >= 15 is 0 Å². The van der Waals surface area contributed by atoms with E-state index in [9.17, 15) is 4.79 Å². The molecule has 2 aromatic heterocycles. The first-order chi connectivity index (χ1) is 12.6. The molecule has 2 bridgehead atoms. The normalized spacial score (nSPS) is 22.9. The van der Waals surface area contributed by atoms with Crippen molar-refractivity contribution in [3.05, 3.63) is 36.7 Å². The minimum Gasteiger partial charge on any atom is -0.367 e. The average Bonchev–Trinajstić information content (AvgIpc) is 2.88. The highest BCUT2D eigenvalue weighted by Crippen LogP contribution is 2.34. The van der Waals surface area contributed by atoms with Crippen molar-refractivity contribution in [2.75, 3.05) is 30.4 Å². The van der Waals surface area contributed by atoms with Crippen LogP contribution in [0.3, 0.4) is 0 Å². The number of aromatic nitrogens is 2. The summed E-state index contributed by atoms with van der Waals surface area (Å²) in [6.07, 6.45) is 7.20. The summed E-state index contributed by atoms with van der Waals surface area (Å²) in [5.74, 6) is 0.548. The molecule has 4 rings (SSSR count). The van der Waals surface area contributed by atoms with Gasteiger partial charge in [-0.15, -0.1) is 0 Å². The molecule has 26 heavy (non-hydrogen) atoms. The van der Waals surface area contributed by atoms with Gasteiger partial charge >= 0.3 is 0 Å². The summed E-state index contributed by atoms with van der Waals surface area (Å²) in [6, 6.07) is 9.24. The Morgan fingerprint density at radius 2 is 1.88 bits per heavy atom. The first-order valence-corrected chi connectivity index (χ1v) is 9.28. The van der Waals surface area contributed by atoms with Gasteiger partial charge in [-0.1, -0.05) is 0 Å². The fourth-order valence-corrected chi connectivity index (χ4v) is 4.18. The van der Waals surface area contributed by atoms with Crippen LogP contribution in [0.1, 0.15) is 26.2 Å². The molecule has 0 saturated carbocycles. The summed E-state index contributed by atoms with van der Waals surface area (Å²) < 4.78 is 0. The molecule has 2 aliphatic rings. The summed E-state index contributed by atoms with van der Waals surface area (Å²) >= 11 is 0. The lowest BCUT2D eigenvalue weighted by Gasteiger charge is -2.29. The third kappa shape index (κ3) is 3.29. The molecule has 136 valence electrons. The Labute approximate surface area is 154 Å². The first kappa shape index (κ1) is 17.0. The molecule has 2 fully saturated rings. The zero-order valence-corrected chi connectivity index (χ0v) is 15.4. The third-order valence-corrected chi connectivity index (χ3v) is 5.63. The molecule has 2 aliphatic heterocycles. The number of anilines is 2. The van der Waals surface area contributed by atoms with Crippen LogP contribution in [-0.4, -0.2) is 53.0 Å². The Bertz CT molecular complexity index is 794. The standard InChI is InChI=1S/C20H25N5O/c1-14(26)22-20-19(6-5-18(23-20)15-7-10-21-11-8-15)25-12-9-16-3-4-17(13-25)24(16)2/h5-8,10-11,16-17H,3-4,9,12-13H2,1-2H3,(H,22,23,26). The number of carbonyl (C=O) groups excluding carboxylic acids is 1. The molecule has 0 spiro atoms. The van der Waals surface area contributed by atoms with E-state index in [1.165, 1.54) is 19.8 Å². The topological polar surface area (TPSA) is 61.4 Å². The SMILES string of the molecule is CC(=O)Nc1nc(-c2ccncc2)ccc1N1CCC2CCC(C1)N2C.